The van der Waals surface area contributed by atoms with E-state index in [0.29, 0.717) is 11.3 Å². The normalized spacial score (nSPS) is 14.9. The van der Waals surface area contributed by atoms with Crippen LogP contribution in [0.2, 0.25) is 0 Å². The van der Waals surface area contributed by atoms with Gasteiger partial charge in [0, 0.05) is 55.2 Å². The number of carbonyl (C=O) groups is 2. The molecule has 0 atom stereocenters. The number of anilines is 1. The number of carbonyl (C=O) groups excluding carboxylic acids is 1. The summed E-state index contributed by atoms with van der Waals surface area (Å²) in [5.74, 6) is -0.194. The van der Waals surface area contributed by atoms with Crippen LogP contribution in [-0.2, 0) is 6.42 Å². The topological polar surface area (TPSA) is 86.6 Å². The van der Waals surface area contributed by atoms with Gasteiger partial charge in [0.2, 0.25) is 0 Å². The summed E-state index contributed by atoms with van der Waals surface area (Å²) in [4.78, 5) is 37.3. The Morgan fingerprint density at radius 3 is 2.52 bits per heavy atom. The third kappa shape index (κ3) is 4.25. The minimum Gasteiger partial charge on any atom is -0.478 e. The first-order chi connectivity index (χ1) is 14.0. The van der Waals surface area contributed by atoms with Crippen molar-refractivity contribution in [3.63, 3.8) is 0 Å². The standard InChI is InChI=1S/C22H22N4O3/c1-25-6-8-26(9-7-25)21-12-15(4-5-23-21)20(27)13-19-11-18-10-16(22(28)29)2-3-17(18)14-24-19/h2-5,10-12,14H,6-9,13H2,1H3,(H,28,29). The van der Waals surface area contributed by atoms with Gasteiger partial charge in [0.25, 0.3) is 0 Å². The lowest BCUT2D eigenvalue weighted by atomic mass is 10.0. The van der Waals surface area contributed by atoms with E-state index in [2.05, 4.69) is 26.8 Å². The van der Waals surface area contributed by atoms with Crippen molar-refractivity contribution in [3.05, 3.63) is 65.6 Å². The monoisotopic (exact) mass is 390 g/mol. The van der Waals surface area contributed by atoms with Crippen LogP contribution in [0.1, 0.15) is 26.4 Å². The zero-order valence-corrected chi connectivity index (χ0v) is 16.2. The zero-order chi connectivity index (χ0) is 20.4. The van der Waals surface area contributed by atoms with E-state index in [0.717, 1.165) is 42.8 Å². The minimum atomic E-state index is -0.977. The van der Waals surface area contributed by atoms with Gasteiger partial charge in [-0.2, -0.15) is 0 Å². The molecule has 0 amide bonds. The summed E-state index contributed by atoms with van der Waals surface area (Å²) in [5, 5.41) is 10.8. The Kier molecular flexibility index (Phi) is 5.22. The third-order valence-electron chi connectivity index (χ3n) is 5.26. The molecule has 1 aliphatic heterocycles. The highest BCUT2D eigenvalue weighted by Gasteiger charge is 2.17. The van der Waals surface area contributed by atoms with Gasteiger partial charge in [-0.1, -0.05) is 6.07 Å². The van der Waals surface area contributed by atoms with Crippen molar-refractivity contribution < 1.29 is 14.7 Å². The first-order valence-electron chi connectivity index (χ1n) is 9.54. The smallest absolute Gasteiger partial charge is 0.335 e. The molecule has 1 fully saturated rings. The Balaban J connectivity index is 1.53. The minimum absolute atomic E-state index is 0.0379. The molecule has 2 aromatic heterocycles. The van der Waals surface area contributed by atoms with E-state index in [1.807, 2.05) is 6.07 Å². The fraction of sp³-hybridized carbons (Fsp3) is 0.273. The summed E-state index contributed by atoms with van der Waals surface area (Å²) in [6.45, 7) is 3.72. The molecule has 3 aromatic rings. The molecule has 0 radical (unpaired) electrons. The van der Waals surface area contributed by atoms with Crippen molar-refractivity contribution in [2.24, 2.45) is 0 Å². The molecule has 1 saturated heterocycles. The summed E-state index contributed by atoms with van der Waals surface area (Å²) in [6, 6.07) is 10.2. The third-order valence-corrected chi connectivity index (χ3v) is 5.26. The van der Waals surface area contributed by atoms with Crippen LogP contribution in [0.25, 0.3) is 10.8 Å². The number of pyridine rings is 2. The lowest BCUT2D eigenvalue weighted by Crippen LogP contribution is -2.44. The molecule has 1 N–H and O–H groups in total. The van der Waals surface area contributed by atoms with Crippen LogP contribution in [0.15, 0.2) is 48.8 Å². The predicted molar refractivity (Wildman–Crippen MR) is 111 cm³/mol. The summed E-state index contributed by atoms with van der Waals surface area (Å²) in [7, 11) is 2.10. The Bertz CT molecular complexity index is 1070. The SMILES string of the molecule is CN1CCN(c2cc(C(=O)Cc3cc4cc(C(=O)O)ccc4cn3)ccn2)CC1. The number of fused-ring (bicyclic) bond motifs is 1. The second kappa shape index (κ2) is 7.97. The molecule has 0 unspecified atom stereocenters. The molecule has 0 aliphatic carbocycles. The lowest BCUT2D eigenvalue weighted by Gasteiger charge is -2.33. The van der Waals surface area contributed by atoms with E-state index in [9.17, 15) is 14.7 Å². The predicted octanol–water partition coefficient (Wildman–Crippen LogP) is 2.51. The molecule has 0 saturated carbocycles. The van der Waals surface area contributed by atoms with Crippen molar-refractivity contribution in [1.29, 1.82) is 0 Å². The van der Waals surface area contributed by atoms with E-state index in [4.69, 9.17) is 0 Å². The van der Waals surface area contributed by atoms with Crippen molar-refractivity contribution in [1.82, 2.24) is 14.9 Å². The zero-order valence-electron chi connectivity index (χ0n) is 16.2. The number of benzene rings is 1. The quantitative estimate of drug-likeness (QED) is 0.670. The van der Waals surface area contributed by atoms with Crippen LogP contribution in [0.4, 0.5) is 5.82 Å². The van der Waals surface area contributed by atoms with Crippen molar-refractivity contribution in [2.45, 2.75) is 6.42 Å². The van der Waals surface area contributed by atoms with Gasteiger partial charge in [0.15, 0.2) is 5.78 Å². The number of piperazine rings is 1. The Morgan fingerprint density at radius 2 is 1.76 bits per heavy atom. The lowest BCUT2D eigenvalue weighted by molar-refractivity contribution is 0.0696. The van der Waals surface area contributed by atoms with Crippen molar-refractivity contribution in [3.8, 4) is 0 Å². The van der Waals surface area contributed by atoms with Crippen LogP contribution in [-0.4, -0.2) is 65.0 Å². The molecule has 29 heavy (non-hydrogen) atoms. The number of likely N-dealkylation sites (N-methyl/N-ethyl adjacent to an activating group) is 1. The molecule has 1 aliphatic rings. The molecule has 3 heterocycles. The Hall–Kier alpha value is -3.32. The maximum Gasteiger partial charge on any atom is 0.335 e. The number of Topliss-reactive ketones (excluding diaryl/α,β-unsaturated/α-hetero) is 1. The average molecular weight is 390 g/mol. The van der Waals surface area contributed by atoms with Gasteiger partial charge < -0.3 is 14.9 Å². The van der Waals surface area contributed by atoms with E-state index < -0.39 is 5.97 Å². The Labute approximate surface area is 168 Å². The Morgan fingerprint density at radius 1 is 0.966 bits per heavy atom. The number of carboxylic acids is 1. The van der Waals surface area contributed by atoms with Crippen molar-refractivity contribution in [2.75, 3.05) is 38.1 Å². The molecule has 0 bridgehead atoms. The molecule has 0 spiro atoms. The van der Waals surface area contributed by atoms with E-state index >= 15 is 0 Å². The highest BCUT2D eigenvalue weighted by atomic mass is 16.4. The number of nitrogens with zero attached hydrogens (tertiary/aromatic N) is 4. The molecular weight excluding hydrogens is 368 g/mol. The summed E-state index contributed by atoms with van der Waals surface area (Å²) >= 11 is 0. The summed E-state index contributed by atoms with van der Waals surface area (Å²) < 4.78 is 0. The van der Waals surface area contributed by atoms with E-state index in [-0.39, 0.29) is 17.8 Å². The van der Waals surface area contributed by atoms with Gasteiger partial charge in [-0.3, -0.25) is 9.78 Å². The van der Waals surface area contributed by atoms with Gasteiger partial charge in [-0.25, -0.2) is 9.78 Å². The van der Waals surface area contributed by atoms with E-state index in [1.54, 1.807) is 42.7 Å². The van der Waals surface area contributed by atoms with Crippen LogP contribution in [0.5, 0.6) is 0 Å². The van der Waals surface area contributed by atoms with Gasteiger partial charge in [-0.05, 0) is 42.8 Å². The molecule has 7 heteroatoms. The van der Waals surface area contributed by atoms with Gasteiger partial charge >= 0.3 is 5.97 Å². The molecular formula is C22H22N4O3. The number of hydrogen-bond acceptors (Lipinski definition) is 6. The van der Waals surface area contributed by atoms with Crippen LogP contribution in [0.3, 0.4) is 0 Å². The number of aromatic nitrogens is 2. The fourth-order valence-corrected chi connectivity index (χ4v) is 3.48. The highest BCUT2D eigenvalue weighted by Crippen LogP contribution is 2.19. The van der Waals surface area contributed by atoms with Crippen molar-refractivity contribution >= 4 is 28.3 Å². The highest BCUT2D eigenvalue weighted by molar-refractivity contribution is 5.98. The summed E-state index contributed by atoms with van der Waals surface area (Å²) in [5.41, 5.74) is 1.44. The average Bonchev–Trinajstić information content (AvgIpc) is 2.73. The largest absolute Gasteiger partial charge is 0.478 e. The molecule has 7 nitrogen and oxygen atoms in total. The molecule has 1 aromatic carbocycles. The van der Waals surface area contributed by atoms with Crippen LogP contribution in [0, 0.1) is 0 Å². The van der Waals surface area contributed by atoms with Gasteiger partial charge in [0.1, 0.15) is 5.82 Å². The number of aromatic carboxylic acids is 1. The number of hydrogen-bond donors (Lipinski definition) is 1. The van der Waals surface area contributed by atoms with Gasteiger partial charge in [-0.15, -0.1) is 0 Å². The van der Waals surface area contributed by atoms with Crippen LogP contribution >= 0.6 is 0 Å². The van der Waals surface area contributed by atoms with E-state index in [1.165, 1.54) is 0 Å². The second-order valence-electron chi connectivity index (χ2n) is 7.34. The number of ketones is 1. The van der Waals surface area contributed by atoms with Gasteiger partial charge in [0.05, 0.1) is 12.0 Å². The molecule has 148 valence electrons. The second-order valence-corrected chi connectivity index (χ2v) is 7.34. The first-order valence-corrected chi connectivity index (χ1v) is 9.54. The maximum absolute atomic E-state index is 12.8. The molecule has 4 rings (SSSR count). The van der Waals surface area contributed by atoms with Crippen LogP contribution < -0.4 is 4.90 Å². The fourth-order valence-electron chi connectivity index (χ4n) is 3.48. The first kappa shape index (κ1) is 19.0. The number of carboxylic acid groups (broad SMARTS) is 1. The summed E-state index contributed by atoms with van der Waals surface area (Å²) in [6.07, 6.45) is 3.50. The number of rotatable bonds is 5. The maximum atomic E-state index is 12.8.